The van der Waals surface area contributed by atoms with Gasteiger partial charge in [0.15, 0.2) is 23.2 Å². The molecule has 11 heteroatoms. The number of carbonyl (C=O) groups is 3. The molecule has 0 saturated carbocycles. The minimum absolute atomic E-state index is 0.0301. The van der Waals surface area contributed by atoms with Crippen molar-refractivity contribution in [3.63, 3.8) is 0 Å². The molecule has 4 atom stereocenters. The summed E-state index contributed by atoms with van der Waals surface area (Å²) in [5.74, 6) is -1.81. The van der Waals surface area contributed by atoms with Crippen LogP contribution < -0.4 is 5.56 Å². The van der Waals surface area contributed by atoms with Crippen LogP contribution in [0.4, 0.5) is 0 Å². The molecule has 27 heavy (non-hydrogen) atoms. The van der Waals surface area contributed by atoms with Gasteiger partial charge in [0.25, 0.3) is 5.56 Å². The number of esters is 3. The van der Waals surface area contributed by atoms with Crippen molar-refractivity contribution < 1.29 is 33.3 Å². The number of ether oxygens (including phenoxy) is 4. The van der Waals surface area contributed by atoms with Crippen LogP contribution in [0.3, 0.4) is 0 Å². The Morgan fingerprint density at radius 3 is 2.30 bits per heavy atom. The summed E-state index contributed by atoms with van der Waals surface area (Å²) in [7, 11) is 0. The standard InChI is InChI=1S/C16H20N2O8S/c1-7-5-18(16(27)17-14(7)22)15-13(25-10(4)21)12(24-9(3)20)11(26-15)6-23-8(2)19/h5,11-13,15H,6H2,1-4H3,(H,17,22,27)/t11-,12-,13+,15?/m1/s1. The summed E-state index contributed by atoms with van der Waals surface area (Å²) >= 11 is 5.17. The summed E-state index contributed by atoms with van der Waals surface area (Å²) in [5.41, 5.74) is -0.0208. The van der Waals surface area contributed by atoms with E-state index in [4.69, 9.17) is 31.2 Å². The van der Waals surface area contributed by atoms with E-state index in [0.29, 0.717) is 5.56 Å². The SMILES string of the molecule is CC(=O)OC[C@H]1OC(n2cc(C)c(=O)[nH]c2=S)[C@@H](OC(C)=O)[C@@H]1OC(C)=O. The zero-order valence-corrected chi connectivity index (χ0v) is 16.0. The Hall–Kier alpha value is -2.53. The van der Waals surface area contributed by atoms with Crippen molar-refractivity contribution in [3.05, 3.63) is 26.9 Å². The first kappa shape index (κ1) is 20.8. The van der Waals surface area contributed by atoms with Crippen LogP contribution in [0, 0.1) is 11.7 Å². The van der Waals surface area contributed by atoms with Crippen LogP contribution in [0.1, 0.15) is 32.6 Å². The molecule has 0 radical (unpaired) electrons. The third-order valence-corrected chi connectivity index (χ3v) is 4.07. The van der Waals surface area contributed by atoms with Gasteiger partial charge in [0.1, 0.15) is 12.7 Å². The van der Waals surface area contributed by atoms with Crippen LogP contribution in [0.5, 0.6) is 0 Å². The highest BCUT2D eigenvalue weighted by Gasteiger charge is 2.50. The van der Waals surface area contributed by atoms with E-state index in [9.17, 15) is 19.2 Å². The van der Waals surface area contributed by atoms with E-state index >= 15 is 0 Å². The second-order valence-electron chi connectivity index (χ2n) is 5.99. The first-order valence-corrected chi connectivity index (χ1v) is 8.46. The normalized spacial score (nSPS) is 24.3. The lowest BCUT2D eigenvalue weighted by molar-refractivity contribution is -0.166. The minimum atomic E-state index is -1.07. The van der Waals surface area contributed by atoms with Crippen molar-refractivity contribution in [3.8, 4) is 0 Å². The van der Waals surface area contributed by atoms with Crippen LogP contribution in [0.25, 0.3) is 0 Å². The number of nitrogens with one attached hydrogen (secondary N) is 1. The number of aryl methyl sites for hydroxylation is 1. The second-order valence-corrected chi connectivity index (χ2v) is 6.38. The van der Waals surface area contributed by atoms with Gasteiger partial charge in [0.05, 0.1) is 0 Å². The van der Waals surface area contributed by atoms with Crippen LogP contribution in [0.15, 0.2) is 11.0 Å². The Morgan fingerprint density at radius 2 is 1.74 bits per heavy atom. The third kappa shape index (κ3) is 5.01. The lowest BCUT2D eigenvalue weighted by atomic mass is 10.1. The molecule has 1 aromatic heterocycles. The number of rotatable bonds is 5. The quantitative estimate of drug-likeness (QED) is 0.428. The summed E-state index contributed by atoms with van der Waals surface area (Å²) < 4.78 is 22.8. The van der Waals surface area contributed by atoms with E-state index in [1.165, 1.54) is 31.5 Å². The van der Waals surface area contributed by atoms with E-state index in [2.05, 4.69) is 4.98 Å². The Balaban J connectivity index is 2.47. The van der Waals surface area contributed by atoms with Crippen LogP contribution in [0.2, 0.25) is 0 Å². The number of carbonyl (C=O) groups excluding carboxylic acids is 3. The number of aromatic amines is 1. The molecule has 1 unspecified atom stereocenters. The zero-order chi connectivity index (χ0) is 20.3. The maximum Gasteiger partial charge on any atom is 0.303 e. The van der Waals surface area contributed by atoms with Gasteiger partial charge in [-0.1, -0.05) is 0 Å². The molecule has 1 N–H and O–H groups in total. The van der Waals surface area contributed by atoms with Gasteiger partial charge in [-0.3, -0.25) is 28.7 Å². The van der Waals surface area contributed by atoms with Gasteiger partial charge >= 0.3 is 17.9 Å². The van der Waals surface area contributed by atoms with Crippen LogP contribution in [-0.2, 0) is 33.3 Å². The summed E-state index contributed by atoms with van der Waals surface area (Å²) in [5, 5.41) is 0. The average molecular weight is 400 g/mol. The van der Waals surface area contributed by atoms with Gasteiger partial charge in [-0.15, -0.1) is 0 Å². The van der Waals surface area contributed by atoms with Gasteiger partial charge < -0.3 is 18.9 Å². The number of aromatic nitrogens is 2. The Labute approximate surface area is 159 Å². The number of H-pyrrole nitrogens is 1. The number of hydrogen-bond acceptors (Lipinski definition) is 9. The maximum atomic E-state index is 11.7. The van der Waals surface area contributed by atoms with Crippen molar-refractivity contribution in [2.75, 3.05) is 6.61 Å². The van der Waals surface area contributed by atoms with Crippen molar-refractivity contribution in [1.29, 1.82) is 0 Å². The smallest absolute Gasteiger partial charge is 0.303 e. The molecule has 0 amide bonds. The molecule has 1 fully saturated rings. The molecule has 1 aliphatic heterocycles. The molecule has 1 aliphatic rings. The molecule has 0 aliphatic carbocycles. The first-order chi connectivity index (χ1) is 12.6. The van der Waals surface area contributed by atoms with Crippen LogP contribution >= 0.6 is 12.2 Å². The summed E-state index contributed by atoms with van der Waals surface area (Å²) in [6.07, 6.45) is -2.56. The van der Waals surface area contributed by atoms with Gasteiger partial charge in [-0.05, 0) is 19.1 Å². The summed E-state index contributed by atoms with van der Waals surface area (Å²) in [4.78, 5) is 48.5. The molecule has 2 heterocycles. The highest BCUT2D eigenvalue weighted by molar-refractivity contribution is 7.71. The zero-order valence-electron chi connectivity index (χ0n) is 15.2. The highest BCUT2D eigenvalue weighted by Crippen LogP contribution is 2.34. The van der Waals surface area contributed by atoms with E-state index in [1.54, 1.807) is 6.92 Å². The van der Waals surface area contributed by atoms with E-state index in [1.807, 2.05) is 0 Å². The van der Waals surface area contributed by atoms with Gasteiger partial charge in [-0.25, -0.2) is 0 Å². The van der Waals surface area contributed by atoms with E-state index in [0.717, 1.165) is 0 Å². The fourth-order valence-electron chi connectivity index (χ4n) is 2.69. The summed E-state index contributed by atoms with van der Waals surface area (Å²) in [6.45, 7) is 4.95. The molecule has 0 bridgehead atoms. The molecule has 2 rings (SSSR count). The molecule has 1 saturated heterocycles. The third-order valence-electron chi connectivity index (χ3n) is 3.76. The predicted molar refractivity (Wildman–Crippen MR) is 92.3 cm³/mol. The second kappa shape index (κ2) is 8.44. The number of nitrogens with zero attached hydrogens (tertiary/aromatic N) is 1. The molecule has 10 nitrogen and oxygen atoms in total. The number of hydrogen-bond donors (Lipinski definition) is 1. The van der Waals surface area contributed by atoms with Gasteiger partial charge in [-0.2, -0.15) is 0 Å². The van der Waals surface area contributed by atoms with Crippen molar-refractivity contribution >= 4 is 30.1 Å². The van der Waals surface area contributed by atoms with E-state index < -0.39 is 42.4 Å². The lowest BCUT2D eigenvalue weighted by Gasteiger charge is -2.24. The fraction of sp³-hybridized carbons (Fsp3) is 0.562. The maximum absolute atomic E-state index is 11.7. The molecular weight excluding hydrogens is 380 g/mol. The molecule has 1 aromatic rings. The fourth-order valence-corrected chi connectivity index (χ4v) is 2.94. The van der Waals surface area contributed by atoms with Crippen molar-refractivity contribution in [2.24, 2.45) is 0 Å². The molecular formula is C16H20N2O8S. The molecule has 148 valence electrons. The van der Waals surface area contributed by atoms with Crippen molar-refractivity contribution in [2.45, 2.75) is 52.2 Å². The predicted octanol–water partition coefficient (Wildman–Crippen LogP) is 0.538. The highest BCUT2D eigenvalue weighted by atomic mass is 32.1. The minimum Gasteiger partial charge on any atom is -0.463 e. The first-order valence-electron chi connectivity index (χ1n) is 8.05. The van der Waals surface area contributed by atoms with Gasteiger partial charge in [0, 0.05) is 32.5 Å². The Morgan fingerprint density at radius 1 is 1.15 bits per heavy atom. The van der Waals surface area contributed by atoms with Crippen LogP contribution in [-0.4, -0.2) is 52.4 Å². The Kier molecular flexibility index (Phi) is 6.50. The average Bonchev–Trinajstić information content (AvgIpc) is 2.85. The molecule has 0 aromatic carbocycles. The Bertz CT molecular complexity index is 861. The van der Waals surface area contributed by atoms with Gasteiger partial charge in [0.2, 0.25) is 0 Å². The lowest BCUT2D eigenvalue weighted by Crippen LogP contribution is -2.40. The van der Waals surface area contributed by atoms with Crippen molar-refractivity contribution in [1.82, 2.24) is 9.55 Å². The van der Waals surface area contributed by atoms with E-state index in [-0.39, 0.29) is 16.9 Å². The summed E-state index contributed by atoms with van der Waals surface area (Å²) in [6, 6.07) is 0. The largest absolute Gasteiger partial charge is 0.463 e. The monoisotopic (exact) mass is 400 g/mol. The molecule has 0 spiro atoms. The topological polar surface area (TPSA) is 126 Å².